The number of nitrogens with two attached hydrogens (primary N) is 1. The summed E-state index contributed by atoms with van der Waals surface area (Å²) in [5.74, 6) is -0.0555. The molecule has 4 aromatic heterocycles. The molecule has 5 rings (SSSR count). The Hall–Kier alpha value is -3.02. The van der Waals surface area contributed by atoms with Crippen LogP contribution in [-0.2, 0) is 0 Å². The topological polar surface area (TPSA) is 83.4 Å². The van der Waals surface area contributed by atoms with Gasteiger partial charge in [-0.15, -0.1) is 0 Å². The van der Waals surface area contributed by atoms with E-state index < -0.39 is 0 Å². The number of H-pyrrole nitrogens is 2. The first-order chi connectivity index (χ1) is 13.6. The highest BCUT2D eigenvalue weighted by Gasteiger charge is 2.24. The van der Waals surface area contributed by atoms with Crippen LogP contribution < -0.4 is 5.73 Å². The third-order valence-electron chi connectivity index (χ3n) is 5.07. The molecule has 0 aliphatic heterocycles. The van der Waals surface area contributed by atoms with Gasteiger partial charge in [-0.25, -0.2) is 9.97 Å². The molecule has 0 saturated heterocycles. The number of benzene rings is 1. The van der Waals surface area contributed by atoms with Crippen LogP contribution in [0.4, 0.5) is 5.69 Å². The molecule has 138 valence electrons. The molecular weight excluding hydrogens is 393 g/mol. The number of anilines is 1. The first kappa shape index (κ1) is 17.1. The number of pyridine rings is 2. The summed E-state index contributed by atoms with van der Waals surface area (Å²) in [6, 6.07) is 11.9. The van der Waals surface area contributed by atoms with Gasteiger partial charge in [0.1, 0.15) is 0 Å². The van der Waals surface area contributed by atoms with E-state index in [4.69, 9.17) is 28.9 Å². The van der Waals surface area contributed by atoms with E-state index in [0.29, 0.717) is 10.3 Å². The van der Waals surface area contributed by atoms with Crippen molar-refractivity contribution in [3.8, 4) is 0 Å². The lowest BCUT2D eigenvalue weighted by molar-refractivity contribution is 0.998. The Morgan fingerprint density at radius 1 is 0.750 bits per heavy atom. The van der Waals surface area contributed by atoms with Crippen molar-refractivity contribution < 1.29 is 0 Å². The van der Waals surface area contributed by atoms with Crippen LogP contribution in [0.1, 0.15) is 22.6 Å². The van der Waals surface area contributed by atoms with Crippen molar-refractivity contribution in [3.63, 3.8) is 0 Å². The predicted molar refractivity (Wildman–Crippen MR) is 114 cm³/mol. The summed E-state index contributed by atoms with van der Waals surface area (Å²) in [4.78, 5) is 14.9. The minimum atomic E-state index is -0.0555. The Kier molecular flexibility index (Phi) is 4.00. The zero-order valence-corrected chi connectivity index (χ0v) is 16.1. The van der Waals surface area contributed by atoms with Crippen LogP contribution in [0.15, 0.2) is 61.2 Å². The number of nitrogen functional groups attached to an aromatic ring is 1. The molecule has 28 heavy (non-hydrogen) atoms. The van der Waals surface area contributed by atoms with Gasteiger partial charge in [0.05, 0.1) is 11.0 Å². The third kappa shape index (κ3) is 2.63. The number of aromatic nitrogens is 4. The molecule has 7 heteroatoms. The number of hydrogen-bond acceptors (Lipinski definition) is 3. The van der Waals surface area contributed by atoms with Crippen molar-refractivity contribution in [2.24, 2.45) is 0 Å². The van der Waals surface area contributed by atoms with Gasteiger partial charge in [-0.05, 0) is 41.0 Å². The average Bonchev–Trinajstić information content (AvgIpc) is 3.31. The molecule has 0 bridgehead atoms. The largest absolute Gasteiger partial charge is 0.399 e. The first-order valence-electron chi connectivity index (χ1n) is 8.72. The standard InChI is InChI=1S/C21H15Cl2N5/c22-20-18-13(5-7-25-20)15(9-27-18)17(11-1-3-12(24)4-2-11)16-10-28-19-14(16)6-8-26-21(19)23/h1-10,17,27-28H,24H2. The second-order valence-corrected chi connectivity index (χ2v) is 7.35. The van der Waals surface area contributed by atoms with E-state index >= 15 is 0 Å². The molecule has 4 N–H and O–H groups in total. The van der Waals surface area contributed by atoms with Gasteiger partial charge in [0, 0.05) is 47.2 Å². The van der Waals surface area contributed by atoms with Crippen LogP contribution >= 0.6 is 23.2 Å². The number of nitrogens with zero attached hydrogens (tertiary/aromatic N) is 2. The summed E-state index contributed by atoms with van der Waals surface area (Å²) in [7, 11) is 0. The van der Waals surface area contributed by atoms with Crippen molar-refractivity contribution in [1.82, 2.24) is 19.9 Å². The normalized spacial score (nSPS) is 11.7. The zero-order chi connectivity index (χ0) is 19.3. The van der Waals surface area contributed by atoms with E-state index in [-0.39, 0.29) is 5.92 Å². The molecular formula is C21H15Cl2N5. The van der Waals surface area contributed by atoms with Gasteiger partial charge in [-0.3, -0.25) is 0 Å². The number of rotatable bonds is 3. The third-order valence-corrected chi connectivity index (χ3v) is 5.64. The molecule has 0 spiro atoms. The molecule has 0 atom stereocenters. The monoisotopic (exact) mass is 407 g/mol. The van der Waals surface area contributed by atoms with Gasteiger partial charge >= 0.3 is 0 Å². The highest BCUT2D eigenvalue weighted by atomic mass is 35.5. The number of aromatic amines is 2. The van der Waals surface area contributed by atoms with Gasteiger partial charge in [0.2, 0.25) is 0 Å². The van der Waals surface area contributed by atoms with E-state index in [2.05, 4.69) is 19.9 Å². The Bertz CT molecular complexity index is 1220. The highest BCUT2D eigenvalue weighted by molar-refractivity contribution is 6.34. The Labute approximate surface area is 170 Å². The number of hydrogen-bond donors (Lipinski definition) is 3. The molecule has 0 radical (unpaired) electrons. The van der Waals surface area contributed by atoms with Gasteiger partial charge in [0.15, 0.2) is 10.3 Å². The predicted octanol–water partition coefficient (Wildman–Crippen LogP) is 5.51. The van der Waals surface area contributed by atoms with Gasteiger partial charge in [-0.1, -0.05) is 35.3 Å². The van der Waals surface area contributed by atoms with Gasteiger partial charge in [0.25, 0.3) is 0 Å². The summed E-state index contributed by atoms with van der Waals surface area (Å²) in [5, 5.41) is 2.95. The van der Waals surface area contributed by atoms with Crippen molar-refractivity contribution in [2.75, 3.05) is 5.73 Å². The minimum absolute atomic E-state index is 0.0555. The van der Waals surface area contributed by atoms with Crippen LogP contribution in [-0.4, -0.2) is 19.9 Å². The molecule has 5 nitrogen and oxygen atoms in total. The summed E-state index contributed by atoms with van der Waals surface area (Å²) in [6.07, 6.45) is 7.41. The van der Waals surface area contributed by atoms with E-state index in [1.54, 1.807) is 12.4 Å². The Morgan fingerprint density at radius 2 is 1.25 bits per heavy atom. The number of halogens is 2. The molecule has 0 aliphatic rings. The van der Waals surface area contributed by atoms with Crippen LogP contribution in [0, 0.1) is 0 Å². The number of fused-ring (bicyclic) bond motifs is 2. The summed E-state index contributed by atoms with van der Waals surface area (Å²) < 4.78 is 0. The van der Waals surface area contributed by atoms with Crippen LogP contribution in [0.2, 0.25) is 10.3 Å². The fourth-order valence-electron chi connectivity index (χ4n) is 3.78. The Morgan fingerprint density at radius 3 is 1.75 bits per heavy atom. The van der Waals surface area contributed by atoms with Crippen LogP contribution in [0.3, 0.4) is 0 Å². The molecule has 1 aromatic carbocycles. The summed E-state index contributed by atoms with van der Waals surface area (Å²) >= 11 is 12.6. The molecule has 0 saturated carbocycles. The minimum Gasteiger partial charge on any atom is -0.399 e. The van der Waals surface area contributed by atoms with Crippen molar-refractivity contribution in [2.45, 2.75) is 5.92 Å². The summed E-state index contributed by atoms with van der Waals surface area (Å²) in [6.45, 7) is 0. The van der Waals surface area contributed by atoms with E-state index in [1.165, 1.54) is 0 Å². The Balaban J connectivity index is 1.81. The van der Waals surface area contributed by atoms with Crippen LogP contribution in [0.5, 0.6) is 0 Å². The summed E-state index contributed by atoms with van der Waals surface area (Å²) in [5.41, 5.74) is 11.6. The zero-order valence-electron chi connectivity index (χ0n) is 14.6. The van der Waals surface area contributed by atoms with Gasteiger partial charge in [-0.2, -0.15) is 0 Å². The SMILES string of the molecule is Nc1ccc(C(c2c[nH]c3c(Cl)nccc23)c2c[nH]c3c(Cl)nccc23)cc1. The lowest BCUT2D eigenvalue weighted by Gasteiger charge is -2.17. The lowest BCUT2D eigenvalue weighted by Crippen LogP contribution is -2.03. The quantitative estimate of drug-likeness (QED) is 0.272. The molecule has 5 aromatic rings. The maximum absolute atomic E-state index is 6.29. The van der Waals surface area contributed by atoms with Crippen LogP contribution in [0.25, 0.3) is 21.8 Å². The van der Waals surface area contributed by atoms with E-state index in [9.17, 15) is 0 Å². The maximum atomic E-state index is 6.29. The van der Waals surface area contributed by atoms with Crippen molar-refractivity contribution in [1.29, 1.82) is 0 Å². The second kappa shape index (κ2) is 6.55. The molecule has 0 fully saturated rings. The van der Waals surface area contributed by atoms with Gasteiger partial charge < -0.3 is 15.7 Å². The molecule has 0 unspecified atom stereocenters. The first-order valence-corrected chi connectivity index (χ1v) is 9.47. The van der Waals surface area contributed by atoms with E-state index in [0.717, 1.165) is 44.2 Å². The molecule has 0 amide bonds. The second-order valence-electron chi connectivity index (χ2n) is 6.64. The average molecular weight is 408 g/mol. The maximum Gasteiger partial charge on any atom is 0.153 e. The fraction of sp³-hybridized carbons (Fsp3) is 0.0476. The van der Waals surface area contributed by atoms with E-state index in [1.807, 2.05) is 48.8 Å². The highest BCUT2D eigenvalue weighted by Crippen LogP contribution is 2.40. The lowest BCUT2D eigenvalue weighted by atomic mass is 9.85. The fourth-order valence-corrected chi connectivity index (χ4v) is 4.20. The molecule has 4 heterocycles. The van der Waals surface area contributed by atoms with Crippen molar-refractivity contribution in [3.05, 3.63) is 88.2 Å². The number of nitrogens with one attached hydrogen (secondary N) is 2. The smallest absolute Gasteiger partial charge is 0.153 e. The molecule has 0 aliphatic carbocycles. The van der Waals surface area contributed by atoms with Crippen molar-refractivity contribution >= 4 is 50.7 Å².